The summed E-state index contributed by atoms with van der Waals surface area (Å²) in [7, 11) is -0.723. The lowest BCUT2D eigenvalue weighted by Gasteiger charge is -2.22. The highest BCUT2D eigenvalue weighted by Gasteiger charge is 2.19. The van der Waals surface area contributed by atoms with Crippen molar-refractivity contribution in [2.75, 3.05) is 0 Å². The minimum absolute atomic E-state index is 0.254. The van der Waals surface area contributed by atoms with E-state index in [1.807, 2.05) is 18.2 Å². The van der Waals surface area contributed by atoms with E-state index in [1.165, 1.54) is 22.0 Å². The molecule has 0 saturated carbocycles. The van der Waals surface area contributed by atoms with Crippen LogP contribution in [0.1, 0.15) is 11.3 Å². The van der Waals surface area contributed by atoms with E-state index in [1.54, 1.807) is 12.3 Å². The monoisotopic (exact) mass is 371 g/mol. The molecule has 0 unspecified atom stereocenters. The average Bonchev–Trinajstić information content (AvgIpc) is 2.73. The number of pyridine rings is 1. The second-order valence-corrected chi connectivity index (χ2v) is 8.43. The first kappa shape index (κ1) is 17.6. The van der Waals surface area contributed by atoms with Crippen molar-refractivity contribution >= 4 is 23.8 Å². The van der Waals surface area contributed by atoms with Crippen molar-refractivity contribution in [1.82, 2.24) is 4.98 Å². The maximum absolute atomic E-state index is 14.2. The van der Waals surface area contributed by atoms with E-state index in [4.69, 9.17) is 0 Å². The second-order valence-electron chi connectivity index (χ2n) is 6.24. The first-order valence-corrected chi connectivity index (χ1v) is 10.2. The average molecular weight is 371 g/mol. The Balaban J connectivity index is 1.83. The molecule has 3 heteroatoms. The quantitative estimate of drug-likeness (QED) is 0.469. The van der Waals surface area contributed by atoms with Gasteiger partial charge in [-0.05, 0) is 41.5 Å². The van der Waals surface area contributed by atoms with E-state index in [-0.39, 0.29) is 5.82 Å². The predicted molar refractivity (Wildman–Crippen MR) is 112 cm³/mol. The van der Waals surface area contributed by atoms with Gasteiger partial charge in [-0.3, -0.25) is 4.98 Å². The summed E-state index contributed by atoms with van der Waals surface area (Å²) in [6.45, 7) is 0. The van der Waals surface area contributed by atoms with Gasteiger partial charge in [0, 0.05) is 12.6 Å². The van der Waals surface area contributed by atoms with Gasteiger partial charge in [0.15, 0.2) is 0 Å². The summed E-state index contributed by atoms with van der Waals surface area (Å²) in [6, 6.07) is 32.5. The topological polar surface area (TPSA) is 12.9 Å². The SMILES string of the molecule is Fc1cccnc1Cc1ccccc1P(c1ccccc1)c1ccccc1. The maximum Gasteiger partial charge on any atom is 0.145 e. The van der Waals surface area contributed by atoms with Crippen LogP contribution in [0.2, 0.25) is 0 Å². The zero-order chi connectivity index (χ0) is 18.5. The van der Waals surface area contributed by atoms with Crippen molar-refractivity contribution in [3.8, 4) is 0 Å². The third-order valence-electron chi connectivity index (χ3n) is 4.45. The van der Waals surface area contributed by atoms with Crippen molar-refractivity contribution in [3.05, 3.63) is 120 Å². The fraction of sp³-hybridized carbons (Fsp3) is 0.0417. The normalized spacial score (nSPS) is 10.9. The van der Waals surface area contributed by atoms with Crippen molar-refractivity contribution < 1.29 is 4.39 Å². The summed E-state index contributed by atoms with van der Waals surface area (Å²) in [5.74, 6) is -0.254. The molecule has 132 valence electrons. The van der Waals surface area contributed by atoms with Gasteiger partial charge in [-0.1, -0.05) is 84.9 Å². The van der Waals surface area contributed by atoms with Crippen molar-refractivity contribution in [2.24, 2.45) is 0 Å². The Bertz CT molecular complexity index is 979. The lowest BCUT2D eigenvalue weighted by Crippen LogP contribution is -2.23. The number of hydrogen-bond donors (Lipinski definition) is 0. The van der Waals surface area contributed by atoms with Gasteiger partial charge in [0.05, 0.1) is 5.69 Å². The van der Waals surface area contributed by atoms with Crippen LogP contribution in [0.3, 0.4) is 0 Å². The van der Waals surface area contributed by atoms with Crippen LogP contribution in [0.15, 0.2) is 103 Å². The highest BCUT2D eigenvalue weighted by atomic mass is 31.1. The molecule has 1 aromatic heterocycles. The standard InChI is InChI=1S/C24H19FNP/c25-22-15-9-17-26-23(22)18-19-10-7-8-16-24(19)27(20-11-3-1-4-12-20)21-13-5-2-6-14-21/h1-17H,18H2. The van der Waals surface area contributed by atoms with Gasteiger partial charge in [-0.2, -0.15) is 0 Å². The Morgan fingerprint density at radius 2 is 1.26 bits per heavy atom. The molecule has 0 amide bonds. The van der Waals surface area contributed by atoms with Crippen LogP contribution in [-0.4, -0.2) is 4.98 Å². The molecule has 1 heterocycles. The highest BCUT2D eigenvalue weighted by molar-refractivity contribution is 7.79. The molecule has 0 aliphatic heterocycles. The Kier molecular flexibility index (Phi) is 5.37. The molecule has 27 heavy (non-hydrogen) atoms. The molecule has 0 aliphatic carbocycles. The Hall–Kier alpha value is -2.83. The molecule has 0 radical (unpaired) electrons. The van der Waals surface area contributed by atoms with Crippen LogP contribution in [0, 0.1) is 5.82 Å². The van der Waals surface area contributed by atoms with Gasteiger partial charge in [-0.25, -0.2) is 4.39 Å². The van der Waals surface area contributed by atoms with E-state index in [0.717, 1.165) is 5.56 Å². The number of benzene rings is 3. The Morgan fingerprint density at radius 3 is 1.89 bits per heavy atom. The van der Waals surface area contributed by atoms with E-state index in [0.29, 0.717) is 12.1 Å². The van der Waals surface area contributed by atoms with Gasteiger partial charge in [0.1, 0.15) is 5.82 Å². The zero-order valence-electron chi connectivity index (χ0n) is 14.8. The van der Waals surface area contributed by atoms with Crippen LogP contribution in [0.25, 0.3) is 0 Å². The predicted octanol–water partition coefficient (Wildman–Crippen LogP) is 4.57. The van der Waals surface area contributed by atoms with Gasteiger partial charge in [-0.15, -0.1) is 0 Å². The molecule has 0 N–H and O–H groups in total. The molecule has 0 aliphatic rings. The largest absolute Gasteiger partial charge is 0.258 e. The van der Waals surface area contributed by atoms with Gasteiger partial charge in [0.25, 0.3) is 0 Å². The molecule has 3 aromatic carbocycles. The van der Waals surface area contributed by atoms with Crippen LogP contribution in [0.4, 0.5) is 4.39 Å². The number of rotatable bonds is 5. The molecular weight excluding hydrogens is 352 g/mol. The number of aromatic nitrogens is 1. The van der Waals surface area contributed by atoms with Crippen LogP contribution in [0.5, 0.6) is 0 Å². The van der Waals surface area contributed by atoms with Gasteiger partial charge < -0.3 is 0 Å². The van der Waals surface area contributed by atoms with E-state index < -0.39 is 7.92 Å². The van der Waals surface area contributed by atoms with Crippen LogP contribution in [-0.2, 0) is 6.42 Å². The van der Waals surface area contributed by atoms with E-state index in [9.17, 15) is 4.39 Å². The summed E-state index contributed by atoms with van der Waals surface area (Å²) in [5, 5.41) is 3.82. The third kappa shape index (κ3) is 3.97. The fourth-order valence-electron chi connectivity index (χ4n) is 3.19. The summed E-state index contributed by atoms with van der Waals surface area (Å²) in [4.78, 5) is 4.25. The first-order chi connectivity index (χ1) is 13.3. The molecule has 4 aromatic rings. The van der Waals surface area contributed by atoms with Crippen molar-refractivity contribution in [1.29, 1.82) is 0 Å². The highest BCUT2D eigenvalue weighted by Crippen LogP contribution is 2.34. The molecule has 4 rings (SSSR count). The van der Waals surface area contributed by atoms with Gasteiger partial charge in [0.2, 0.25) is 0 Å². The fourth-order valence-corrected chi connectivity index (χ4v) is 5.66. The molecule has 0 atom stereocenters. The van der Waals surface area contributed by atoms with E-state index in [2.05, 4.69) is 71.7 Å². The minimum Gasteiger partial charge on any atom is -0.258 e. The maximum atomic E-state index is 14.2. The number of hydrogen-bond acceptors (Lipinski definition) is 1. The number of halogens is 1. The smallest absolute Gasteiger partial charge is 0.145 e. The molecule has 1 nitrogen and oxygen atoms in total. The van der Waals surface area contributed by atoms with Gasteiger partial charge >= 0.3 is 0 Å². The molecular formula is C24H19FNP. The number of nitrogens with zero attached hydrogens (tertiary/aromatic N) is 1. The van der Waals surface area contributed by atoms with E-state index >= 15 is 0 Å². The third-order valence-corrected chi connectivity index (χ3v) is 7.00. The van der Waals surface area contributed by atoms with Crippen LogP contribution >= 0.6 is 7.92 Å². The van der Waals surface area contributed by atoms with Crippen LogP contribution < -0.4 is 15.9 Å². The first-order valence-electron chi connectivity index (χ1n) is 8.90. The van der Waals surface area contributed by atoms with Crippen molar-refractivity contribution in [3.63, 3.8) is 0 Å². The summed E-state index contributed by atoms with van der Waals surface area (Å²) in [6.07, 6.45) is 2.14. The summed E-state index contributed by atoms with van der Waals surface area (Å²) >= 11 is 0. The van der Waals surface area contributed by atoms with Crippen molar-refractivity contribution in [2.45, 2.75) is 6.42 Å². The summed E-state index contributed by atoms with van der Waals surface area (Å²) < 4.78 is 14.2. The lowest BCUT2D eigenvalue weighted by atomic mass is 10.1. The minimum atomic E-state index is -0.723. The second kappa shape index (κ2) is 8.24. The lowest BCUT2D eigenvalue weighted by molar-refractivity contribution is 0.604. The molecule has 0 fully saturated rings. The Labute approximate surface area is 160 Å². The molecule has 0 bridgehead atoms. The molecule has 0 spiro atoms. The molecule has 0 saturated heterocycles. The Morgan fingerprint density at radius 1 is 0.667 bits per heavy atom. The summed E-state index contributed by atoms with van der Waals surface area (Å²) in [5.41, 5.74) is 1.61. The zero-order valence-corrected chi connectivity index (χ0v) is 15.7.